The molecule has 0 aromatic heterocycles. The molecule has 0 saturated carbocycles. The normalized spacial score (nSPS) is 16.8. The Kier molecular flexibility index (Phi) is 6.71. The van der Waals surface area contributed by atoms with Gasteiger partial charge in [0.1, 0.15) is 5.75 Å². The molecule has 1 N–H and O–H groups in total. The maximum atomic E-state index is 13.0. The van der Waals surface area contributed by atoms with Crippen molar-refractivity contribution < 1.29 is 14.3 Å². The van der Waals surface area contributed by atoms with Crippen LogP contribution >= 0.6 is 11.6 Å². The second kappa shape index (κ2) is 9.09. The third-order valence-electron chi connectivity index (χ3n) is 5.49. The molecule has 0 radical (unpaired) electrons. The standard InChI is InChI=1S/C24H29ClN2O3/c1-24(2,3)18-9-12-21(30-4)20(14-18)26-22(28)17-6-5-13-27(15-17)23(29)16-7-10-19(25)11-8-16/h7-12,14,17H,5-6,13,15H2,1-4H3,(H,26,28)/t17-/m1/s1. The first kappa shape index (κ1) is 22.2. The Balaban J connectivity index is 1.72. The lowest BCUT2D eigenvalue weighted by Crippen LogP contribution is -2.43. The first-order chi connectivity index (χ1) is 14.2. The molecule has 3 rings (SSSR count). The van der Waals surface area contributed by atoms with Gasteiger partial charge in [-0.2, -0.15) is 0 Å². The Morgan fingerprint density at radius 3 is 2.47 bits per heavy atom. The first-order valence-electron chi connectivity index (χ1n) is 10.2. The molecule has 1 aliphatic heterocycles. The molecule has 1 aliphatic rings. The molecule has 2 aromatic rings. The summed E-state index contributed by atoms with van der Waals surface area (Å²) in [5.74, 6) is 0.198. The number of carbonyl (C=O) groups excluding carboxylic acids is 2. The molecule has 2 aromatic carbocycles. The summed E-state index contributed by atoms with van der Waals surface area (Å²) in [4.78, 5) is 27.6. The van der Waals surface area contributed by atoms with E-state index in [9.17, 15) is 9.59 Å². The van der Waals surface area contributed by atoms with Crippen LogP contribution in [-0.2, 0) is 10.2 Å². The van der Waals surface area contributed by atoms with Crippen LogP contribution in [0.15, 0.2) is 42.5 Å². The third-order valence-corrected chi connectivity index (χ3v) is 5.75. The smallest absolute Gasteiger partial charge is 0.253 e. The number of anilines is 1. The molecule has 0 aliphatic carbocycles. The number of methoxy groups -OCH3 is 1. The van der Waals surface area contributed by atoms with Crippen molar-refractivity contribution in [1.29, 1.82) is 0 Å². The average molecular weight is 429 g/mol. The minimum atomic E-state index is -0.266. The van der Waals surface area contributed by atoms with Gasteiger partial charge in [-0.1, -0.05) is 38.4 Å². The van der Waals surface area contributed by atoms with Crippen molar-refractivity contribution in [1.82, 2.24) is 4.90 Å². The highest BCUT2D eigenvalue weighted by atomic mass is 35.5. The van der Waals surface area contributed by atoms with Crippen molar-refractivity contribution in [3.63, 3.8) is 0 Å². The number of halogens is 1. The number of ether oxygens (including phenoxy) is 1. The lowest BCUT2D eigenvalue weighted by atomic mass is 9.86. The monoisotopic (exact) mass is 428 g/mol. The second-order valence-electron chi connectivity index (χ2n) is 8.75. The third kappa shape index (κ3) is 5.14. The Labute approximate surface area is 183 Å². The van der Waals surface area contributed by atoms with Crippen LogP contribution in [0, 0.1) is 5.92 Å². The van der Waals surface area contributed by atoms with Crippen LogP contribution in [0.5, 0.6) is 5.75 Å². The van der Waals surface area contributed by atoms with Gasteiger partial charge in [-0.3, -0.25) is 9.59 Å². The molecule has 6 heteroatoms. The minimum absolute atomic E-state index is 0.0433. The van der Waals surface area contributed by atoms with E-state index in [4.69, 9.17) is 16.3 Å². The fraction of sp³-hybridized carbons (Fsp3) is 0.417. The molecule has 1 heterocycles. The number of carbonyl (C=O) groups is 2. The molecule has 30 heavy (non-hydrogen) atoms. The van der Waals surface area contributed by atoms with E-state index < -0.39 is 0 Å². The molecule has 1 fully saturated rings. The van der Waals surface area contributed by atoms with Gasteiger partial charge in [-0.15, -0.1) is 0 Å². The van der Waals surface area contributed by atoms with Crippen LogP contribution in [0.1, 0.15) is 49.5 Å². The summed E-state index contributed by atoms with van der Waals surface area (Å²) in [6, 6.07) is 12.7. The number of piperidine rings is 1. The predicted octanol–water partition coefficient (Wildman–Crippen LogP) is 5.14. The van der Waals surface area contributed by atoms with Crippen LogP contribution < -0.4 is 10.1 Å². The van der Waals surface area contributed by atoms with Crippen LogP contribution in [-0.4, -0.2) is 36.9 Å². The Morgan fingerprint density at radius 1 is 1.13 bits per heavy atom. The van der Waals surface area contributed by atoms with Gasteiger partial charge in [0.15, 0.2) is 0 Å². The second-order valence-corrected chi connectivity index (χ2v) is 9.19. The van der Waals surface area contributed by atoms with Gasteiger partial charge < -0.3 is 15.0 Å². The fourth-order valence-electron chi connectivity index (χ4n) is 3.66. The fourth-order valence-corrected chi connectivity index (χ4v) is 3.78. The van der Waals surface area contributed by atoms with Gasteiger partial charge in [-0.05, 0) is 60.2 Å². The van der Waals surface area contributed by atoms with Crippen molar-refractivity contribution >= 4 is 29.1 Å². The maximum absolute atomic E-state index is 13.0. The Bertz CT molecular complexity index is 919. The number of amides is 2. The summed E-state index contributed by atoms with van der Waals surface area (Å²) in [6.45, 7) is 7.42. The van der Waals surface area contributed by atoms with E-state index in [1.807, 2.05) is 18.2 Å². The number of nitrogens with one attached hydrogen (secondary N) is 1. The Morgan fingerprint density at radius 2 is 1.83 bits per heavy atom. The van der Waals surface area contributed by atoms with Crippen LogP contribution in [0.2, 0.25) is 5.02 Å². The van der Waals surface area contributed by atoms with Gasteiger partial charge >= 0.3 is 0 Å². The van der Waals surface area contributed by atoms with Gasteiger partial charge in [0.2, 0.25) is 5.91 Å². The molecule has 0 spiro atoms. The zero-order valence-electron chi connectivity index (χ0n) is 18.0. The lowest BCUT2D eigenvalue weighted by molar-refractivity contribution is -0.121. The van der Waals surface area contributed by atoms with Gasteiger partial charge in [0.05, 0.1) is 18.7 Å². The molecule has 1 saturated heterocycles. The number of rotatable bonds is 4. The number of hydrogen-bond donors (Lipinski definition) is 1. The van der Waals surface area contributed by atoms with Crippen molar-refractivity contribution in [2.24, 2.45) is 5.92 Å². The zero-order chi connectivity index (χ0) is 21.9. The van der Waals surface area contributed by atoms with E-state index >= 15 is 0 Å². The molecule has 160 valence electrons. The van der Waals surface area contributed by atoms with Crippen molar-refractivity contribution in [3.05, 3.63) is 58.6 Å². The largest absolute Gasteiger partial charge is 0.495 e. The first-order valence-corrected chi connectivity index (χ1v) is 10.6. The van der Waals surface area contributed by atoms with E-state index in [1.54, 1.807) is 36.3 Å². The highest BCUT2D eigenvalue weighted by Crippen LogP contribution is 2.32. The van der Waals surface area contributed by atoms with E-state index in [0.717, 1.165) is 18.4 Å². The van der Waals surface area contributed by atoms with E-state index in [1.165, 1.54) is 0 Å². The summed E-state index contributed by atoms with van der Waals surface area (Å²) in [5.41, 5.74) is 2.32. The Hall–Kier alpha value is -2.53. The lowest BCUT2D eigenvalue weighted by Gasteiger charge is -2.32. The quantitative estimate of drug-likeness (QED) is 0.733. The van der Waals surface area contributed by atoms with Crippen LogP contribution in [0.4, 0.5) is 5.69 Å². The van der Waals surface area contributed by atoms with E-state index in [-0.39, 0.29) is 23.1 Å². The van der Waals surface area contributed by atoms with Crippen molar-refractivity contribution in [2.45, 2.75) is 39.0 Å². The predicted molar refractivity (Wildman–Crippen MR) is 120 cm³/mol. The van der Waals surface area contributed by atoms with Crippen LogP contribution in [0.3, 0.4) is 0 Å². The summed E-state index contributed by atoms with van der Waals surface area (Å²) in [7, 11) is 1.59. The van der Waals surface area contributed by atoms with Crippen molar-refractivity contribution in [3.8, 4) is 5.75 Å². The van der Waals surface area contributed by atoms with E-state index in [0.29, 0.717) is 35.1 Å². The molecule has 2 amide bonds. The molecular formula is C24H29ClN2O3. The number of likely N-dealkylation sites (tertiary alicyclic amines) is 1. The van der Waals surface area contributed by atoms with Crippen molar-refractivity contribution in [2.75, 3.05) is 25.5 Å². The van der Waals surface area contributed by atoms with E-state index in [2.05, 4.69) is 26.1 Å². The number of hydrogen-bond acceptors (Lipinski definition) is 3. The molecular weight excluding hydrogens is 400 g/mol. The van der Waals surface area contributed by atoms with Gasteiger partial charge in [-0.25, -0.2) is 0 Å². The molecule has 1 atom stereocenters. The SMILES string of the molecule is COc1ccc(C(C)(C)C)cc1NC(=O)[C@@H]1CCCN(C(=O)c2ccc(Cl)cc2)C1. The van der Waals surface area contributed by atoms with Gasteiger partial charge in [0, 0.05) is 23.7 Å². The zero-order valence-corrected chi connectivity index (χ0v) is 18.8. The average Bonchev–Trinajstić information content (AvgIpc) is 2.73. The summed E-state index contributed by atoms with van der Waals surface area (Å²) in [5, 5.41) is 3.62. The van der Waals surface area contributed by atoms with Crippen LogP contribution in [0.25, 0.3) is 0 Å². The molecule has 5 nitrogen and oxygen atoms in total. The highest BCUT2D eigenvalue weighted by molar-refractivity contribution is 6.30. The number of benzene rings is 2. The highest BCUT2D eigenvalue weighted by Gasteiger charge is 2.29. The van der Waals surface area contributed by atoms with Gasteiger partial charge in [0.25, 0.3) is 5.91 Å². The topological polar surface area (TPSA) is 58.6 Å². The summed E-state index contributed by atoms with van der Waals surface area (Å²) >= 11 is 5.92. The maximum Gasteiger partial charge on any atom is 0.253 e. The summed E-state index contributed by atoms with van der Waals surface area (Å²) in [6.07, 6.45) is 1.54. The molecule has 0 unspecified atom stereocenters. The number of nitrogens with zero attached hydrogens (tertiary/aromatic N) is 1. The summed E-state index contributed by atoms with van der Waals surface area (Å²) < 4.78 is 5.44. The minimum Gasteiger partial charge on any atom is -0.495 e. The molecule has 0 bridgehead atoms.